The van der Waals surface area contributed by atoms with Crippen LogP contribution in [0.1, 0.15) is 12.5 Å². The van der Waals surface area contributed by atoms with Crippen LogP contribution < -0.4 is 0 Å². The van der Waals surface area contributed by atoms with Crippen LogP contribution in [0.2, 0.25) is 0 Å². The summed E-state index contributed by atoms with van der Waals surface area (Å²) in [5.41, 5.74) is 0.790. The minimum absolute atomic E-state index is 0.276. The molecule has 0 amide bonds. The molecule has 3 nitrogen and oxygen atoms in total. The summed E-state index contributed by atoms with van der Waals surface area (Å²) in [4.78, 5) is 0. The van der Waals surface area contributed by atoms with Gasteiger partial charge in [-0.2, -0.15) is 0 Å². The number of hydrogen-bond acceptors (Lipinski definition) is 3. The molecule has 0 radical (unpaired) electrons. The Morgan fingerprint density at radius 2 is 1.55 bits per heavy atom. The van der Waals surface area contributed by atoms with Gasteiger partial charge in [0, 0.05) is 0 Å². The fourth-order valence-electron chi connectivity index (χ4n) is 0.865. The van der Waals surface area contributed by atoms with Crippen molar-refractivity contribution in [3.8, 4) is 17.2 Å². The number of rotatable bonds is 1. The molecule has 0 saturated heterocycles. The molecule has 0 unspecified atom stereocenters. The molecule has 0 heterocycles. The van der Waals surface area contributed by atoms with Gasteiger partial charge in [-0.1, -0.05) is 6.92 Å². The maximum atomic E-state index is 9.00. The van der Waals surface area contributed by atoms with Gasteiger partial charge in [-0.15, -0.1) is 0 Å². The average molecular weight is 154 g/mol. The van der Waals surface area contributed by atoms with Crippen molar-refractivity contribution in [1.82, 2.24) is 0 Å². The molecule has 0 atom stereocenters. The van der Waals surface area contributed by atoms with Crippen LogP contribution in [0.4, 0.5) is 0 Å². The highest BCUT2D eigenvalue weighted by molar-refractivity contribution is 5.50. The zero-order valence-corrected chi connectivity index (χ0v) is 6.20. The number of phenols is 3. The molecule has 3 heteroatoms. The lowest BCUT2D eigenvalue weighted by Crippen LogP contribution is -1.79. The normalized spacial score (nSPS) is 9.91. The van der Waals surface area contributed by atoms with Crippen molar-refractivity contribution in [3.05, 3.63) is 17.7 Å². The third-order valence-corrected chi connectivity index (χ3v) is 1.54. The van der Waals surface area contributed by atoms with Gasteiger partial charge in [0.2, 0.25) is 0 Å². The van der Waals surface area contributed by atoms with E-state index in [1.165, 1.54) is 12.1 Å². The summed E-state index contributed by atoms with van der Waals surface area (Å²) < 4.78 is 0. The molecule has 0 fully saturated rings. The first-order valence-corrected chi connectivity index (χ1v) is 3.39. The Bertz CT molecular complexity index is 245. The SMILES string of the molecule is CCc1cc(O)c(O)c(O)c1. The Labute approximate surface area is 64.5 Å². The summed E-state index contributed by atoms with van der Waals surface area (Å²) >= 11 is 0. The van der Waals surface area contributed by atoms with E-state index in [1.807, 2.05) is 6.92 Å². The minimum Gasteiger partial charge on any atom is -0.504 e. The second-order valence-electron chi connectivity index (χ2n) is 2.34. The molecule has 0 aliphatic carbocycles. The van der Waals surface area contributed by atoms with Gasteiger partial charge >= 0.3 is 0 Å². The number of aromatic hydroxyl groups is 3. The fourth-order valence-corrected chi connectivity index (χ4v) is 0.865. The van der Waals surface area contributed by atoms with Gasteiger partial charge in [-0.3, -0.25) is 0 Å². The van der Waals surface area contributed by atoms with Gasteiger partial charge in [0.1, 0.15) is 0 Å². The third-order valence-electron chi connectivity index (χ3n) is 1.54. The third kappa shape index (κ3) is 1.37. The smallest absolute Gasteiger partial charge is 0.200 e. The number of benzene rings is 1. The molecule has 0 spiro atoms. The highest BCUT2D eigenvalue weighted by Crippen LogP contribution is 2.35. The highest BCUT2D eigenvalue weighted by atomic mass is 16.3. The maximum Gasteiger partial charge on any atom is 0.200 e. The van der Waals surface area contributed by atoms with Gasteiger partial charge in [0.15, 0.2) is 17.2 Å². The Hall–Kier alpha value is -1.38. The van der Waals surface area contributed by atoms with Gasteiger partial charge < -0.3 is 15.3 Å². The van der Waals surface area contributed by atoms with Crippen LogP contribution in [0.5, 0.6) is 17.2 Å². The molecule has 60 valence electrons. The predicted molar refractivity (Wildman–Crippen MR) is 40.8 cm³/mol. The van der Waals surface area contributed by atoms with Crippen molar-refractivity contribution >= 4 is 0 Å². The van der Waals surface area contributed by atoms with E-state index in [0.717, 1.165) is 5.56 Å². The molecule has 0 aromatic heterocycles. The van der Waals surface area contributed by atoms with Crippen LogP contribution in [0.15, 0.2) is 12.1 Å². The Morgan fingerprint density at radius 3 is 1.91 bits per heavy atom. The van der Waals surface area contributed by atoms with Gasteiger partial charge in [0.25, 0.3) is 0 Å². The maximum absolute atomic E-state index is 9.00. The lowest BCUT2D eigenvalue weighted by atomic mass is 10.1. The average Bonchev–Trinajstić information content (AvgIpc) is 1.99. The molecule has 0 saturated carbocycles. The second-order valence-corrected chi connectivity index (χ2v) is 2.34. The van der Waals surface area contributed by atoms with Crippen LogP contribution in [0.25, 0.3) is 0 Å². The lowest BCUT2D eigenvalue weighted by molar-refractivity contribution is 0.367. The Balaban J connectivity index is 3.21. The van der Waals surface area contributed by atoms with Crippen LogP contribution in [-0.4, -0.2) is 15.3 Å². The highest BCUT2D eigenvalue weighted by Gasteiger charge is 2.05. The quantitative estimate of drug-likeness (QED) is 0.535. The van der Waals surface area contributed by atoms with Gasteiger partial charge in [-0.25, -0.2) is 0 Å². The zero-order chi connectivity index (χ0) is 8.43. The van der Waals surface area contributed by atoms with E-state index in [0.29, 0.717) is 6.42 Å². The zero-order valence-electron chi connectivity index (χ0n) is 6.20. The van der Waals surface area contributed by atoms with Crippen LogP contribution in [0.3, 0.4) is 0 Å². The minimum atomic E-state index is -0.456. The van der Waals surface area contributed by atoms with E-state index < -0.39 is 5.75 Å². The van der Waals surface area contributed by atoms with Crippen LogP contribution in [-0.2, 0) is 6.42 Å². The molecule has 1 aromatic rings. The van der Waals surface area contributed by atoms with E-state index in [9.17, 15) is 0 Å². The summed E-state index contributed by atoms with van der Waals surface area (Å²) in [6.07, 6.45) is 0.710. The lowest BCUT2D eigenvalue weighted by Gasteiger charge is -2.02. The summed E-state index contributed by atoms with van der Waals surface area (Å²) in [5, 5.41) is 26.9. The monoisotopic (exact) mass is 154 g/mol. The van der Waals surface area contributed by atoms with E-state index in [4.69, 9.17) is 15.3 Å². The number of phenolic OH excluding ortho intramolecular Hbond substituents is 3. The van der Waals surface area contributed by atoms with Crippen LogP contribution >= 0.6 is 0 Å². The van der Waals surface area contributed by atoms with E-state index in [2.05, 4.69) is 0 Å². The summed E-state index contributed by atoms with van der Waals surface area (Å²) in [5.74, 6) is -1.01. The largest absolute Gasteiger partial charge is 0.504 e. The van der Waals surface area contributed by atoms with Crippen molar-refractivity contribution in [2.75, 3.05) is 0 Å². The number of hydrogen-bond donors (Lipinski definition) is 3. The summed E-state index contributed by atoms with van der Waals surface area (Å²) in [6.45, 7) is 1.89. The molecule has 0 bridgehead atoms. The van der Waals surface area contributed by atoms with Gasteiger partial charge in [0.05, 0.1) is 0 Å². The topological polar surface area (TPSA) is 60.7 Å². The Kier molecular flexibility index (Phi) is 1.89. The molecule has 0 aliphatic heterocycles. The van der Waals surface area contributed by atoms with Crippen LogP contribution in [0, 0.1) is 0 Å². The molecular formula is C8H10O3. The molecular weight excluding hydrogens is 144 g/mol. The van der Waals surface area contributed by atoms with Crippen molar-refractivity contribution in [2.24, 2.45) is 0 Å². The molecule has 11 heavy (non-hydrogen) atoms. The first-order chi connectivity index (χ1) is 5.15. The second kappa shape index (κ2) is 2.70. The summed E-state index contributed by atoms with van der Waals surface area (Å²) in [6, 6.07) is 2.85. The van der Waals surface area contributed by atoms with Gasteiger partial charge in [-0.05, 0) is 24.1 Å². The van der Waals surface area contributed by atoms with Crippen molar-refractivity contribution in [3.63, 3.8) is 0 Å². The Morgan fingerprint density at radius 1 is 1.09 bits per heavy atom. The molecule has 1 aromatic carbocycles. The molecule has 3 N–H and O–H groups in total. The van der Waals surface area contributed by atoms with Crippen molar-refractivity contribution < 1.29 is 15.3 Å². The van der Waals surface area contributed by atoms with Crippen molar-refractivity contribution in [2.45, 2.75) is 13.3 Å². The standard InChI is InChI=1S/C8H10O3/c1-2-5-3-6(9)8(11)7(10)4-5/h3-4,9-11H,2H2,1H3. The van der Waals surface area contributed by atoms with E-state index in [-0.39, 0.29) is 11.5 Å². The molecule has 1 rings (SSSR count). The summed E-state index contributed by atoms with van der Waals surface area (Å²) in [7, 11) is 0. The van der Waals surface area contributed by atoms with E-state index >= 15 is 0 Å². The fraction of sp³-hybridized carbons (Fsp3) is 0.250. The molecule has 0 aliphatic rings. The first-order valence-electron chi connectivity index (χ1n) is 3.39. The van der Waals surface area contributed by atoms with E-state index in [1.54, 1.807) is 0 Å². The number of aryl methyl sites for hydroxylation is 1. The predicted octanol–water partition coefficient (Wildman–Crippen LogP) is 1.37. The van der Waals surface area contributed by atoms with Crippen molar-refractivity contribution in [1.29, 1.82) is 0 Å². The first kappa shape index (κ1) is 7.72.